The molecule has 0 aliphatic heterocycles. The molecule has 0 aliphatic rings. The number of nitrogens with zero attached hydrogens (tertiary/aromatic N) is 4. The molecular weight excluding hydrogens is 388 g/mol. The Bertz CT molecular complexity index is 1260. The third kappa shape index (κ3) is 3.58. The summed E-state index contributed by atoms with van der Waals surface area (Å²) in [5.41, 5.74) is 2.75. The van der Waals surface area contributed by atoms with Crippen LogP contribution in [0.5, 0.6) is 0 Å². The first-order chi connectivity index (χ1) is 14.5. The molecule has 30 heavy (non-hydrogen) atoms. The van der Waals surface area contributed by atoms with Crippen molar-refractivity contribution in [2.24, 2.45) is 0 Å². The molecule has 0 saturated heterocycles. The van der Waals surface area contributed by atoms with E-state index in [9.17, 15) is 14.7 Å². The number of hydrogen-bond acceptors (Lipinski definition) is 6. The van der Waals surface area contributed by atoms with Crippen LogP contribution < -0.4 is 10.6 Å². The highest BCUT2D eigenvalue weighted by Gasteiger charge is 2.21. The quantitative estimate of drug-likeness (QED) is 0.461. The molecule has 0 atom stereocenters. The number of aromatic carboxylic acids is 1. The number of fused-ring (bicyclic) bond motifs is 1. The van der Waals surface area contributed by atoms with Crippen molar-refractivity contribution >= 4 is 29.2 Å². The second-order valence-corrected chi connectivity index (χ2v) is 6.53. The van der Waals surface area contributed by atoms with E-state index in [4.69, 9.17) is 4.52 Å². The van der Waals surface area contributed by atoms with Crippen molar-refractivity contribution in [1.29, 1.82) is 0 Å². The number of aryl methyl sites for hydroxylation is 2. The highest BCUT2D eigenvalue weighted by Crippen LogP contribution is 2.25. The molecule has 2 amide bonds. The van der Waals surface area contributed by atoms with Gasteiger partial charge in [-0.15, -0.1) is 0 Å². The van der Waals surface area contributed by atoms with E-state index in [1.807, 2.05) is 13.0 Å². The normalized spacial score (nSPS) is 10.9. The van der Waals surface area contributed by atoms with Gasteiger partial charge in [-0.3, -0.25) is 5.32 Å². The minimum Gasteiger partial charge on any atom is -0.477 e. The van der Waals surface area contributed by atoms with Crippen molar-refractivity contribution in [3.8, 4) is 11.3 Å². The zero-order chi connectivity index (χ0) is 21.3. The molecule has 0 saturated carbocycles. The lowest BCUT2D eigenvalue weighted by Gasteiger charge is -2.09. The minimum absolute atomic E-state index is 0.0934. The molecule has 3 heterocycles. The number of anilines is 2. The first kappa shape index (κ1) is 19.1. The Morgan fingerprint density at radius 2 is 2.03 bits per heavy atom. The fourth-order valence-corrected chi connectivity index (χ4v) is 3.13. The van der Waals surface area contributed by atoms with Gasteiger partial charge in [0.05, 0.1) is 11.4 Å². The zero-order valence-electron chi connectivity index (χ0n) is 16.2. The monoisotopic (exact) mass is 406 g/mol. The number of carbonyl (C=O) groups is 2. The average Bonchev–Trinajstić information content (AvgIpc) is 3.30. The SMILES string of the molecule is CCc1nn2c(-c3cccc(NC(=O)Nc4cc(C)on4)c3)ccnc2c1C(=O)O. The van der Waals surface area contributed by atoms with Gasteiger partial charge >= 0.3 is 12.0 Å². The number of carboxylic acid groups (broad SMARTS) is 1. The molecule has 10 heteroatoms. The first-order valence-electron chi connectivity index (χ1n) is 9.18. The Morgan fingerprint density at radius 1 is 1.20 bits per heavy atom. The van der Waals surface area contributed by atoms with Crippen LogP contribution in [0, 0.1) is 6.92 Å². The van der Waals surface area contributed by atoms with Gasteiger partial charge in [0.15, 0.2) is 11.5 Å². The lowest BCUT2D eigenvalue weighted by molar-refractivity contribution is 0.0697. The molecule has 152 valence electrons. The van der Waals surface area contributed by atoms with Crippen LogP contribution in [0.3, 0.4) is 0 Å². The molecule has 4 rings (SSSR count). The molecule has 4 aromatic rings. The second kappa shape index (κ2) is 7.66. The van der Waals surface area contributed by atoms with Crippen LogP contribution in [0.4, 0.5) is 16.3 Å². The summed E-state index contributed by atoms with van der Waals surface area (Å²) in [5.74, 6) is -0.177. The molecule has 0 aliphatic carbocycles. The predicted molar refractivity (Wildman–Crippen MR) is 109 cm³/mol. The number of nitrogens with one attached hydrogen (secondary N) is 2. The van der Waals surface area contributed by atoms with E-state index < -0.39 is 12.0 Å². The highest BCUT2D eigenvalue weighted by molar-refractivity contribution is 5.99. The Morgan fingerprint density at radius 3 is 2.73 bits per heavy atom. The van der Waals surface area contributed by atoms with Gasteiger partial charge in [0.25, 0.3) is 0 Å². The topological polar surface area (TPSA) is 135 Å². The van der Waals surface area contributed by atoms with Crippen LogP contribution in [0.15, 0.2) is 47.1 Å². The van der Waals surface area contributed by atoms with E-state index >= 15 is 0 Å². The molecule has 10 nitrogen and oxygen atoms in total. The Labute approximate surface area is 170 Å². The highest BCUT2D eigenvalue weighted by atomic mass is 16.5. The fourth-order valence-electron chi connectivity index (χ4n) is 3.13. The number of benzene rings is 1. The fraction of sp³-hybridized carbons (Fsp3) is 0.150. The Kier molecular flexibility index (Phi) is 4.88. The van der Waals surface area contributed by atoms with Gasteiger partial charge in [0.1, 0.15) is 11.3 Å². The van der Waals surface area contributed by atoms with E-state index in [2.05, 4.69) is 25.9 Å². The summed E-state index contributed by atoms with van der Waals surface area (Å²) in [6.45, 7) is 3.57. The number of urea groups is 1. The summed E-state index contributed by atoms with van der Waals surface area (Å²) >= 11 is 0. The van der Waals surface area contributed by atoms with Gasteiger partial charge in [0, 0.05) is 23.5 Å². The Balaban J connectivity index is 1.66. The van der Waals surface area contributed by atoms with Crippen LogP contribution in [-0.4, -0.2) is 36.9 Å². The standard InChI is InChI=1S/C20H18N6O4/c1-3-14-17(19(27)28)18-21-8-7-15(26(18)24-14)12-5-4-6-13(10-12)22-20(29)23-16-9-11(2)30-25-16/h4-10H,3H2,1-2H3,(H,27,28)(H2,22,23,25,29). The number of carboxylic acids is 1. The molecule has 0 spiro atoms. The van der Waals surface area contributed by atoms with Crippen LogP contribution >= 0.6 is 0 Å². The predicted octanol–water partition coefficient (Wildman–Crippen LogP) is 3.60. The van der Waals surface area contributed by atoms with Crippen molar-refractivity contribution in [2.45, 2.75) is 20.3 Å². The minimum atomic E-state index is -1.07. The molecular formula is C20H18N6O4. The smallest absolute Gasteiger partial charge is 0.341 e. The molecule has 0 unspecified atom stereocenters. The maximum absolute atomic E-state index is 12.2. The van der Waals surface area contributed by atoms with Gasteiger partial charge in [-0.25, -0.2) is 19.1 Å². The molecule has 0 fully saturated rings. The second-order valence-electron chi connectivity index (χ2n) is 6.53. The van der Waals surface area contributed by atoms with Crippen LogP contribution in [0.2, 0.25) is 0 Å². The number of amides is 2. The summed E-state index contributed by atoms with van der Waals surface area (Å²) in [5, 5.41) is 23.0. The third-order valence-corrected chi connectivity index (χ3v) is 4.43. The molecule has 3 aromatic heterocycles. The largest absolute Gasteiger partial charge is 0.477 e. The van der Waals surface area contributed by atoms with Gasteiger partial charge in [-0.2, -0.15) is 5.10 Å². The van der Waals surface area contributed by atoms with E-state index in [0.29, 0.717) is 35.1 Å². The van der Waals surface area contributed by atoms with Gasteiger partial charge in [-0.1, -0.05) is 24.2 Å². The van der Waals surface area contributed by atoms with Crippen LogP contribution in [-0.2, 0) is 6.42 Å². The molecule has 0 radical (unpaired) electrons. The van der Waals surface area contributed by atoms with Gasteiger partial charge in [-0.05, 0) is 31.5 Å². The van der Waals surface area contributed by atoms with Crippen LogP contribution in [0.25, 0.3) is 16.9 Å². The molecule has 1 aromatic carbocycles. The van der Waals surface area contributed by atoms with E-state index in [1.54, 1.807) is 37.3 Å². The lowest BCUT2D eigenvalue weighted by Crippen LogP contribution is -2.19. The summed E-state index contributed by atoms with van der Waals surface area (Å²) < 4.78 is 6.43. The first-order valence-corrected chi connectivity index (χ1v) is 9.18. The summed E-state index contributed by atoms with van der Waals surface area (Å²) in [6.07, 6.45) is 2.01. The summed E-state index contributed by atoms with van der Waals surface area (Å²) in [6, 6.07) is 9.98. The van der Waals surface area contributed by atoms with E-state index in [1.165, 1.54) is 10.7 Å². The molecule has 3 N–H and O–H groups in total. The Hall–Kier alpha value is -4.21. The number of aromatic nitrogens is 4. The lowest BCUT2D eigenvalue weighted by atomic mass is 10.1. The maximum Gasteiger partial charge on any atom is 0.341 e. The van der Waals surface area contributed by atoms with Crippen molar-refractivity contribution in [1.82, 2.24) is 19.8 Å². The average molecular weight is 406 g/mol. The zero-order valence-corrected chi connectivity index (χ0v) is 16.2. The number of carbonyl (C=O) groups excluding carboxylic acids is 1. The van der Waals surface area contributed by atoms with Gasteiger partial charge < -0.3 is 14.9 Å². The number of hydrogen-bond donors (Lipinski definition) is 3. The van der Waals surface area contributed by atoms with Gasteiger partial charge in [0.2, 0.25) is 0 Å². The van der Waals surface area contributed by atoms with Crippen molar-refractivity contribution < 1.29 is 19.2 Å². The van der Waals surface area contributed by atoms with E-state index in [0.717, 1.165) is 5.56 Å². The van der Waals surface area contributed by atoms with E-state index in [-0.39, 0.29) is 11.2 Å². The van der Waals surface area contributed by atoms with Crippen molar-refractivity contribution in [3.05, 3.63) is 59.6 Å². The van der Waals surface area contributed by atoms with Crippen LogP contribution in [0.1, 0.15) is 28.7 Å². The summed E-state index contributed by atoms with van der Waals surface area (Å²) in [7, 11) is 0. The number of rotatable bonds is 5. The van der Waals surface area contributed by atoms with Crippen molar-refractivity contribution in [2.75, 3.05) is 10.6 Å². The summed E-state index contributed by atoms with van der Waals surface area (Å²) in [4.78, 5) is 28.1. The molecule has 0 bridgehead atoms. The maximum atomic E-state index is 12.2. The third-order valence-electron chi connectivity index (χ3n) is 4.43. The van der Waals surface area contributed by atoms with Crippen molar-refractivity contribution in [3.63, 3.8) is 0 Å².